The summed E-state index contributed by atoms with van der Waals surface area (Å²) in [5.41, 5.74) is 6.18. The van der Waals surface area contributed by atoms with E-state index >= 15 is 0 Å². The van der Waals surface area contributed by atoms with Crippen LogP contribution in [0, 0.1) is 6.92 Å². The van der Waals surface area contributed by atoms with E-state index < -0.39 is 0 Å². The quantitative estimate of drug-likeness (QED) is 0.832. The number of piperazine rings is 1. The second-order valence-electron chi connectivity index (χ2n) is 8.08. The van der Waals surface area contributed by atoms with Gasteiger partial charge in [-0.1, -0.05) is 25.1 Å². The zero-order chi connectivity index (χ0) is 20.2. The van der Waals surface area contributed by atoms with Gasteiger partial charge in [0.15, 0.2) is 0 Å². The Labute approximate surface area is 174 Å². The van der Waals surface area contributed by atoms with Crippen LogP contribution in [-0.2, 0) is 6.42 Å². The molecule has 0 atom stereocenters. The smallest absolute Gasteiger partial charge is 0.321 e. The summed E-state index contributed by atoms with van der Waals surface area (Å²) >= 11 is 0. The van der Waals surface area contributed by atoms with Gasteiger partial charge in [0, 0.05) is 56.3 Å². The number of anilines is 3. The third-order valence-corrected chi connectivity index (χ3v) is 6.18. The Bertz CT molecular complexity index is 834. The molecule has 0 aromatic heterocycles. The molecule has 2 saturated heterocycles. The minimum atomic E-state index is -0.000860. The maximum absolute atomic E-state index is 12.7. The molecule has 29 heavy (non-hydrogen) atoms. The fraction of sp³-hybridized carbons (Fsp3) is 0.458. The molecule has 0 aliphatic carbocycles. The molecule has 0 radical (unpaired) electrons. The average molecular weight is 393 g/mol. The summed E-state index contributed by atoms with van der Waals surface area (Å²) < 4.78 is 0. The molecule has 4 rings (SSSR count). The lowest BCUT2D eigenvalue weighted by atomic mass is 10.0. The molecule has 2 aliphatic rings. The van der Waals surface area contributed by atoms with Crippen molar-refractivity contribution in [1.29, 1.82) is 0 Å². The predicted molar refractivity (Wildman–Crippen MR) is 121 cm³/mol. The van der Waals surface area contributed by atoms with Crippen LogP contribution in [0.3, 0.4) is 0 Å². The zero-order valence-corrected chi connectivity index (χ0v) is 17.7. The van der Waals surface area contributed by atoms with E-state index in [1.165, 1.54) is 35.3 Å². The van der Waals surface area contributed by atoms with Crippen LogP contribution in [0.25, 0.3) is 0 Å². The largest absolute Gasteiger partial charge is 0.372 e. The van der Waals surface area contributed by atoms with Crippen molar-refractivity contribution in [1.82, 2.24) is 4.90 Å². The molecular formula is C24H32N4O. The van der Waals surface area contributed by atoms with Gasteiger partial charge >= 0.3 is 6.03 Å². The first-order valence-corrected chi connectivity index (χ1v) is 10.9. The number of rotatable bonds is 4. The summed E-state index contributed by atoms with van der Waals surface area (Å²) in [5, 5.41) is 3.07. The molecule has 2 aromatic carbocycles. The van der Waals surface area contributed by atoms with E-state index in [4.69, 9.17) is 0 Å². The van der Waals surface area contributed by atoms with Crippen LogP contribution in [0.2, 0.25) is 0 Å². The number of nitrogens with one attached hydrogen (secondary N) is 1. The maximum atomic E-state index is 12.7. The van der Waals surface area contributed by atoms with Crippen molar-refractivity contribution in [2.75, 3.05) is 54.4 Å². The monoisotopic (exact) mass is 392 g/mol. The third kappa shape index (κ3) is 4.34. The molecule has 2 amide bonds. The first-order valence-electron chi connectivity index (χ1n) is 10.9. The summed E-state index contributed by atoms with van der Waals surface area (Å²) in [4.78, 5) is 19.5. The van der Waals surface area contributed by atoms with Crippen LogP contribution in [0.1, 0.15) is 30.9 Å². The van der Waals surface area contributed by atoms with Crippen LogP contribution < -0.4 is 15.1 Å². The van der Waals surface area contributed by atoms with Gasteiger partial charge in [-0.3, -0.25) is 0 Å². The highest BCUT2D eigenvalue weighted by Crippen LogP contribution is 2.27. The molecule has 2 fully saturated rings. The Morgan fingerprint density at radius 3 is 2.24 bits per heavy atom. The molecule has 2 aromatic rings. The zero-order valence-electron chi connectivity index (χ0n) is 17.7. The van der Waals surface area contributed by atoms with E-state index in [9.17, 15) is 4.79 Å². The van der Waals surface area contributed by atoms with E-state index in [1.807, 2.05) is 17.0 Å². The molecule has 154 valence electrons. The summed E-state index contributed by atoms with van der Waals surface area (Å²) in [6.07, 6.45) is 3.57. The minimum Gasteiger partial charge on any atom is -0.372 e. The minimum absolute atomic E-state index is 0.000860. The predicted octanol–water partition coefficient (Wildman–Crippen LogP) is 4.51. The Morgan fingerprint density at radius 2 is 1.59 bits per heavy atom. The number of para-hydroxylation sites is 1. The summed E-state index contributed by atoms with van der Waals surface area (Å²) in [6.45, 7) is 9.90. The fourth-order valence-electron chi connectivity index (χ4n) is 4.52. The first-order chi connectivity index (χ1) is 14.2. The lowest BCUT2D eigenvalue weighted by Gasteiger charge is -2.37. The number of urea groups is 1. The Morgan fingerprint density at radius 1 is 0.897 bits per heavy atom. The number of hydrogen-bond donors (Lipinski definition) is 1. The van der Waals surface area contributed by atoms with Gasteiger partial charge in [0.25, 0.3) is 0 Å². The van der Waals surface area contributed by atoms with E-state index in [2.05, 4.69) is 59.3 Å². The van der Waals surface area contributed by atoms with Gasteiger partial charge in [0.1, 0.15) is 0 Å². The van der Waals surface area contributed by atoms with Crippen molar-refractivity contribution in [3.05, 3.63) is 53.6 Å². The van der Waals surface area contributed by atoms with Crippen molar-refractivity contribution < 1.29 is 4.79 Å². The van der Waals surface area contributed by atoms with E-state index in [0.717, 1.165) is 51.4 Å². The number of amides is 2. The summed E-state index contributed by atoms with van der Waals surface area (Å²) in [5.74, 6) is 0. The summed E-state index contributed by atoms with van der Waals surface area (Å²) in [7, 11) is 0. The third-order valence-electron chi connectivity index (χ3n) is 6.18. The van der Waals surface area contributed by atoms with Crippen molar-refractivity contribution in [2.24, 2.45) is 0 Å². The molecular weight excluding hydrogens is 360 g/mol. The van der Waals surface area contributed by atoms with Gasteiger partial charge in [-0.15, -0.1) is 0 Å². The highest BCUT2D eigenvalue weighted by atomic mass is 16.2. The lowest BCUT2D eigenvalue weighted by Crippen LogP contribution is -2.50. The Balaban J connectivity index is 1.33. The van der Waals surface area contributed by atoms with Gasteiger partial charge in [-0.25, -0.2) is 4.79 Å². The summed E-state index contributed by atoms with van der Waals surface area (Å²) in [6, 6.07) is 14.8. The van der Waals surface area contributed by atoms with Crippen LogP contribution in [0.4, 0.5) is 21.9 Å². The van der Waals surface area contributed by atoms with Crippen LogP contribution >= 0.6 is 0 Å². The van der Waals surface area contributed by atoms with Gasteiger partial charge in [0.2, 0.25) is 0 Å². The number of carbonyl (C=O) groups is 1. The average Bonchev–Trinajstić information content (AvgIpc) is 3.29. The van der Waals surface area contributed by atoms with E-state index in [1.54, 1.807) is 0 Å². The number of aryl methyl sites for hydroxylation is 2. The van der Waals surface area contributed by atoms with Crippen molar-refractivity contribution in [3.8, 4) is 0 Å². The lowest BCUT2D eigenvalue weighted by molar-refractivity contribution is 0.208. The van der Waals surface area contributed by atoms with Crippen molar-refractivity contribution in [2.45, 2.75) is 33.1 Å². The van der Waals surface area contributed by atoms with Crippen molar-refractivity contribution in [3.63, 3.8) is 0 Å². The normalized spacial score (nSPS) is 17.0. The Kier molecular flexibility index (Phi) is 5.93. The highest BCUT2D eigenvalue weighted by Gasteiger charge is 2.23. The van der Waals surface area contributed by atoms with Crippen LogP contribution in [-0.4, -0.2) is 50.2 Å². The first kappa shape index (κ1) is 19.6. The molecule has 0 bridgehead atoms. The number of benzene rings is 2. The molecule has 5 heteroatoms. The molecule has 5 nitrogen and oxygen atoms in total. The number of nitrogens with zero attached hydrogens (tertiary/aromatic N) is 3. The molecule has 1 N–H and O–H groups in total. The van der Waals surface area contributed by atoms with E-state index in [-0.39, 0.29) is 6.03 Å². The second-order valence-corrected chi connectivity index (χ2v) is 8.08. The highest BCUT2D eigenvalue weighted by molar-refractivity contribution is 5.89. The number of carbonyl (C=O) groups excluding carboxylic acids is 1. The number of hydrogen-bond acceptors (Lipinski definition) is 3. The van der Waals surface area contributed by atoms with Gasteiger partial charge in [0.05, 0.1) is 0 Å². The van der Waals surface area contributed by atoms with E-state index in [0.29, 0.717) is 0 Å². The fourth-order valence-corrected chi connectivity index (χ4v) is 4.52. The molecule has 0 unspecified atom stereocenters. The topological polar surface area (TPSA) is 38.8 Å². The SMILES string of the molecule is CCc1cccc(C)c1N1CCN(C(=O)Nc2ccc(N3CCCC3)cc2)CC1. The van der Waals surface area contributed by atoms with Crippen LogP contribution in [0.5, 0.6) is 0 Å². The molecule has 0 saturated carbocycles. The molecule has 2 heterocycles. The van der Waals surface area contributed by atoms with Crippen molar-refractivity contribution >= 4 is 23.1 Å². The molecule has 0 spiro atoms. The van der Waals surface area contributed by atoms with Crippen LogP contribution in [0.15, 0.2) is 42.5 Å². The second kappa shape index (κ2) is 8.76. The molecule has 2 aliphatic heterocycles. The standard InChI is InChI=1S/C24H32N4O/c1-3-20-8-6-7-19(2)23(20)27-15-17-28(18-16-27)24(29)25-21-9-11-22(12-10-21)26-13-4-5-14-26/h6-12H,3-5,13-18H2,1-2H3,(H,25,29). The van der Waals surface area contributed by atoms with Gasteiger partial charge < -0.3 is 20.0 Å². The van der Waals surface area contributed by atoms with Gasteiger partial charge in [-0.2, -0.15) is 0 Å². The maximum Gasteiger partial charge on any atom is 0.321 e. The Hall–Kier alpha value is -2.69. The van der Waals surface area contributed by atoms with Gasteiger partial charge in [-0.05, 0) is 61.6 Å².